The fourth-order valence-electron chi connectivity index (χ4n) is 3.17. The Hall–Kier alpha value is -1.50. The van der Waals surface area contributed by atoms with Crippen LogP contribution in [0.3, 0.4) is 0 Å². The molecule has 108 valence electrons. The monoisotopic (exact) mass is 270 g/mol. The summed E-state index contributed by atoms with van der Waals surface area (Å²) in [7, 11) is 0. The van der Waals surface area contributed by atoms with Crippen LogP contribution in [0.25, 0.3) is 6.08 Å². The molecular formula is C19H26O. The van der Waals surface area contributed by atoms with Crippen molar-refractivity contribution < 1.29 is 5.11 Å². The van der Waals surface area contributed by atoms with Gasteiger partial charge in [-0.3, -0.25) is 0 Å². The Labute approximate surface area is 123 Å². The van der Waals surface area contributed by atoms with Crippen LogP contribution in [0.1, 0.15) is 52.5 Å². The summed E-state index contributed by atoms with van der Waals surface area (Å²) in [6.07, 6.45) is 8.21. The number of allylic oxidation sites excluding steroid dienone is 3. The second kappa shape index (κ2) is 5.87. The molecule has 1 fully saturated rings. The maximum Gasteiger partial charge on any atom is 0.115 e. The van der Waals surface area contributed by atoms with Gasteiger partial charge in [-0.25, -0.2) is 0 Å². The zero-order chi connectivity index (χ0) is 14.8. The Bertz CT molecular complexity index is 513. The first-order valence-electron chi connectivity index (χ1n) is 7.48. The molecule has 0 radical (unpaired) electrons. The molecule has 0 amide bonds. The number of phenolic OH excluding ortho intramolecular Hbond substituents is 1. The van der Waals surface area contributed by atoms with Crippen LogP contribution < -0.4 is 0 Å². The molecule has 0 aliphatic heterocycles. The lowest BCUT2D eigenvalue weighted by Gasteiger charge is -2.36. The van der Waals surface area contributed by atoms with E-state index in [1.54, 1.807) is 17.7 Å². The van der Waals surface area contributed by atoms with Crippen LogP contribution in [0.2, 0.25) is 0 Å². The fourth-order valence-corrected chi connectivity index (χ4v) is 3.17. The fraction of sp³-hybridized carbons (Fsp3) is 0.474. The standard InChI is InChI=1S/C19H26O/c1-14(2)17-11-16(12-19(3,4)13-17)6-5-15-7-9-18(20)10-8-15/h5-10,16,20H,11-13H2,1-4H3. The number of benzene rings is 1. The van der Waals surface area contributed by atoms with Gasteiger partial charge in [0.2, 0.25) is 0 Å². The summed E-state index contributed by atoms with van der Waals surface area (Å²) in [5.41, 5.74) is 4.67. The average Bonchev–Trinajstić information content (AvgIpc) is 2.36. The van der Waals surface area contributed by atoms with E-state index in [0.29, 0.717) is 17.1 Å². The molecule has 1 N–H and O–H groups in total. The third kappa shape index (κ3) is 4.00. The highest BCUT2D eigenvalue weighted by atomic mass is 16.3. The number of hydrogen-bond donors (Lipinski definition) is 1. The van der Waals surface area contributed by atoms with Gasteiger partial charge in [-0.15, -0.1) is 0 Å². The first-order valence-corrected chi connectivity index (χ1v) is 7.48. The Morgan fingerprint density at radius 2 is 1.85 bits per heavy atom. The van der Waals surface area contributed by atoms with E-state index in [1.165, 1.54) is 24.8 Å². The van der Waals surface area contributed by atoms with E-state index in [9.17, 15) is 5.11 Å². The molecule has 2 rings (SSSR count). The van der Waals surface area contributed by atoms with Crippen LogP contribution in [0, 0.1) is 11.3 Å². The topological polar surface area (TPSA) is 20.2 Å². The van der Waals surface area contributed by atoms with Gasteiger partial charge in [0.1, 0.15) is 5.75 Å². The van der Waals surface area contributed by atoms with Crippen molar-refractivity contribution in [3.8, 4) is 5.75 Å². The van der Waals surface area contributed by atoms with Gasteiger partial charge in [0.15, 0.2) is 0 Å². The lowest BCUT2D eigenvalue weighted by molar-refractivity contribution is 0.249. The Morgan fingerprint density at radius 1 is 1.20 bits per heavy atom. The summed E-state index contributed by atoms with van der Waals surface area (Å²) < 4.78 is 0. The average molecular weight is 270 g/mol. The van der Waals surface area contributed by atoms with Crippen molar-refractivity contribution in [2.45, 2.75) is 47.0 Å². The van der Waals surface area contributed by atoms with E-state index >= 15 is 0 Å². The van der Waals surface area contributed by atoms with Gasteiger partial charge in [-0.1, -0.05) is 49.3 Å². The lowest BCUT2D eigenvalue weighted by Crippen LogP contribution is -2.23. The van der Waals surface area contributed by atoms with Gasteiger partial charge in [0, 0.05) is 0 Å². The van der Waals surface area contributed by atoms with Gasteiger partial charge < -0.3 is 5.11 Å². The third-order valence-corrected chi connectivity index (χ3v) is 4.18. The number of rotatable bonds is 2. The minimum Gasteiger partial charge on any atom is -0.508 e. The molecule has 0 spiro atoms. The van der Waals surface area contributed by atoms with Crippen molar-refractivity contribution >= 4 is 6.08 Å². The van der Waals surface area contributed by atoms with Crippen LogP contribution in [0.4, 0.5) is 0 Å². The normalized spacial score (nSPS) is 22.2. The second-order valence-corrected chi connectivity index (χ2v) is 7.06. The predicted molar refractivity (Wildman–Crippen MR) is 86.6 cm³/mol. The van der Waals surface area contributed by atoms with Crippen molar-refractivity contribution in [1.82, 2.24) is 0 Å². The van der Waals surface area contributed by atoms with Crippen molar-refractivity contribution in [3.63, 3.8) is 0 Å². The Balaban J connectivity index is 2.12. The molecule has 1 aliphatic carbocycles. The SMILES string of the molecule is CC(C)=C1CC(C=Cc2ccc(O)cc2)CC(C)(C)C1. The van der Waals surface area contributed by atoms with E-state index in [0.717, 1.165) is 5.56 Å². The molecule has 1 aromatic carbocycles. The van der Waals surface area contributed by atoms with Gasteiger partial charge in [0.25, 0.3) is 0 Å². The minimum absolute atomic E-state index is 0.327. The number of aromatic hydroxyl groups is 1. The summed E-state index contributed by atoms with van der Waals surface area (Å²) in [5, 5.41) is 9.31. The van der Waals surface area contributed by atoms with E-state index < -0.39 is 0 Å². The Morgan fingerprint density at radius 3 is 2.45 bits per heavy atom. The highest BCUT2D eigenvalue weighted by Crippen LogP contribution is 2.43. The third-order valence-electron chi connectivity index (χ3n) is 4.18. The van der Waals surface area contributed by atoms with Crippen molar-refractivity contribution in [2.75, 3.05) is 0 Å². The number of phenols is 1. The molecule has 0 heterocycles. The molecule has 20 heavy (non-hydrogen) atoms. The zero-order valence-electron chi connectivity index (χ0n) is 13.1. The van der Waals surface area contributed by atoms with E-state index in [-0.39, 0.29) is 0 Å². The molecule has 0 bridgehead atoms. The van der Waals surface area contributed by atoms with Crippen LogP contribution in [0.5, 0.6) is 5.75 Å². The molecular weight excluding hydrogens is 244 g/mol. The Kier molecular flexibility index (Phi) is 4.37. The largest absolute Gasteiger partial charge is 0.508 e. The van der Waals surface area contributed by atoms with E-state index in [1.807, 2.05) is 12.1 Å². The molecule has 1 atom stereocenters. The molecule has 1 nitrogen and oxygen atoms in total. The van der Waals surface area contributed by atoms with Gasteiger partial charge in [-0.2, -0.15) is 0 Å². The lowest BCUT2D eigenvalue weighted by atomic mass is 9.69. The summed E-state index contributed by atoms with van der Waals surface area (Å²) in [4.78, 5) is 0. The van der Waals surface area contributed by atoms with E-state index in [2.05, 4.69) is 39.8 Å². The summed E-state index contributed by atoms with van der Waals surface area (Å²) >= 11 is 0. The molecule has 1 saturated carbocycles. The van der Waals surface area contributed by atoms with Crippen LogP contribution in [-0.2, 0) is 0 Å². The highest BCUT2D eigenvalue weighted by Gasteiger charge is 2.29. The van der Waals surface area contributed by atoms with Gasteiger partial charge >= 0.3 is 0 Å². The minimum atomic E-state index is 0.327. The van der Waals surface area contributed by atoms with E-state index in [4.69, 9.17) is 0 Å². The zero-order valence-corrected chi connectivity index (χ0v) is 13.1. The van der Waals surface area contributed by atoms with Crippen LogP contribution in [-0.4, -0.2) is 5.11 Å². The maximum absolute atomic E-state index is 9.31. The van der Waals surface area contributed by atoms with Crippen molar-refractivity contribution in [2.24, 2.45) is 11.3 Å². The summed E-state index contributed by atoms with van der Waals surface area (Å²) in [6.45, 7) is 9.21. The molecule has 1 aromatic rings. The molecule has 0 aromatic heterocycles. The first-order chi connectivity index (χ1) is 9.35. The smallest absolute Gasteiger partial charge is 0.115 e. The summed E-state index contributed by atoms with van der Waals surface area (Å²) in [5.74, 6) is 0.949. The van der Waals surface area contributed by atoms with Crippen molar-refractivity contribution in [3.05, 3.63) is 47.1 Å². The van der Waals surface area contributed by atoms with Gasteiger partial charge in [0.05, 0.1) is 0 Å². The molecule has 1 aliphatic rings. The quantitative estimate of drug-likeness (QED) is 0.697. The highest BCUT2D eigenvalue weighted by molar-refractivity contribution is 5.50. The molecule has 1 unspecified atom stereocenters. The maximum atomic E-state index is 9.31. The number of hydrogen-bond acceptors (Lipinski definition) is 1. The van der Waals surface area contributed by atoms with Crippen molar-refractivity contribution in [1.29, 1.82) is 0 Å². The molecule has 1 heteroatoms. The van der Waals surface area contributed by atoms with Gasteiger partial charge in [-0.05, 0) is 62.1 Å². The predicted octanol–water partition coefficient (Wildman–Crippen LogP) is 5.57. The molecule has 0 saturated heterocycles. The first kappa shape index (κ1) is 14.9. The second-order valence-electron chi connectivity index (χ2n) is 7.06. The summed E-state index contributed by atoms with van der Waals surface area (Å²) in [6, 6.07) is 7.40. The van der Waals surface area contributed by atoms with Crippen LogP contribution >= 0.6 is 0 Å². The van der Waals surface area contributed by atoms with Crippen LogP contribution in [0.15, 0.2) is 41.5 Å².